The predicted octanol–water partition coefficient (Wildman–Crippen LogP) is 4.13. The fraction of sp³-hybridized carbons (Fsp3) is 0.273. The summed E-state index contributed by atoms with van der Waals surface area (Å²) in [6.07, 6.45) is 1.76. The summed E-state index contributed by atoms with van der Waals surface area (Å²) in [5.74, 6) is -0.0857. The van der Waals surface area contributed by atoms with E-state index in [1.54, 1.807) is 56.6 Å². The first-order valence-electron chi connectivity index (χ1n) is 9.02. The molecule has 0 fully saturated rings. The van der Waals surface area contributed by atoms with Crippen LogP contribution in [0.15, 0.2) is 48.5 Å². The number of benzene rings is 2. The van der Waals surface area contributed by atoms with Gasteiger partial charge in [0.2, 0.25) is 6.10 Å². The maximum absolute atomic E-state index is 12.5. The number of halogens is 1. The van der Waals surface area contributed by atoms with Gasteiger partial charge in [0, 0.05) is 25.7 Å². The van der Waals surface area contributed by atoms with E-state index in [4.69, 9.17) is 25.8 Å². The molecule has 2 aromatic carbocycles. The lowest BCUT2D eigenvalue weighted by Crippen LogP contribution is -2.30. The fourth-order valence-electron chi connectivity index (χ4n) is 2.59. The summed E-state index contributed by atoms with van der Waals surface area (Å²) in [7, 11) is 4.72. The van der Waals surface area contributed by atoms with Crippen molar-refractivity contribution in [2.45, 2.75) is 13.0 Å². The van der Waals surface area contributed by atoms with E-state index in [0.29, 0.717) is 34.3 Å². The van der Waals surface area contributed by atoms with Gasteiger partial charge in [0.15, 0.2) is 11.5 Å². The monoisotopic (exact) mass is 417 g/mol. The molecule has 0 heterocycles. The van der Waals surface area contributed by atoms with E-state index >= 15 is 0 Å². The molecule has 1 amide bonds. The average molecular weight is 418 g/mol. The van der Waals surface area contributed by atoms with Crippen LogP contribution >= 0.6 is 11.6 Å². The molecular weight excluding hydrogens is 394 g/mol. The van der Waals surface area contributed by atoms with Crippen molar-refractivity contribution >= 4 is 29.6 Å². The highest BCUT2D eigenvalue weighted by Crippen LogP contribution is 2.36. The lowest BCUT2D eigenvalue weighted by Gasteiger charge is -2.20. The number of carbonyl (C=O) groups is 2. The van der Waals surface area contributed by atoms with Gasteiger partial charge in [0.1, 0.15) is 0 Å². The predicted molar refractivity (Wildman–Crippen MR) is 112 cm³/mol. The zero-order chi connectivity index (χ0) is 21.4. The minimum absolute atomic E-state index is 0.330. The number of rotatable bonds is 8. The summed E-state index contributed by atoms with van der Waals surface area (Å²) in [5, 5.41) is 0.358. The minimum atomic E-state index is -1.03. The lowest BCUT2D eigenvalue weighted by molar-refractivity contribution is -0.155. The van der Waals surface area contributed by atoms with E-state index in [-0.39, 0.29) is 5.91 Å². The highest BCUT2D eigenvalue weighted by molar-refractivity contribution is 6.32. The Bertz CT molecular complexity index is 880. The molecule has 0 bridgehead atoms. The van der Waals surface area contributed by atoms with Crippen molar-refractivity contribution in [2.24, 2.45) is 0 Å². The van der Waals surface area contributed by atoms with E-state index < -0.39 is 12.1 Å². The number of likely N-dealkylation sites (N-methyl/N-ethyl adjacent to an activating group) is 1. The number of hydrogen-bond acceptors (Lipinski definition) is 5. The third-order valence-corrected chi connectivity index (χ3v) is 4.23. The van der Waals surface area contributed by atoms with Gasteiger partial charge in [-0.05, 0) is 30.7 Å². The van der Waals surface area contributed by atoms with E-state index in [0.717, 1.165) is 0 Å². The van der Waals surface area contributed by atoms with Crippen LogP contribution in [0.25, 0.3) is 6.08 Å². The molecular formula is C22H24ClNO5. The van der Waals surface area contributed by atoms with Crippen LogP contribution in [0.4, 0.5) is 0 Å². The van der Waals surface area contributed by atoms with Gasteiger partial charge in [-0.25, -0.2) is 4.79 Å². The Morgan fingerprint density at radius 2 is 1.86 bits per heavy atom. The molecule has 29 heavy (non-hydrogen) atoms. The van der Waals surface area contributed by atoms with Crippen molar-refractivity contribution in [3.63, 3.8) is 0 Å². The van der Waals surface area contributed by atoms with E-state index in [1.165, 1.54) is 18.1 Å². The van der Waals surface area contributed by atoms with Gasteiger partial charge >= 0.3 is 5.97 Å². The zero-order valence-electron chi connectivity index (χ0n) is 16.8. The Morgan fingerprint density at radius 3 is 2.45 bits per heavy atom. The van der Waals surface area contributed by atoms with Crippen molar-refractivity contribution in [3.05, 3.63) is 64.7 Å². The van der Waals surface area contributed by atoms with Gasteiger partial charge in [0.05, 0.1) is 18.7 Å². The van der Waals surface area contributed by atoms with Gasteiger partial charge in [-0.3, -0.25) is 4.79 Å². The van der Waals surface area contributed by atoms with Gasteiger partial charge in [-0.1, -0.05) is 41.9 Å². The third kappa shape index (κ3) is 5.99. The molecule has 2 rings (SSSR count). The number of amides is 1. The second-order valence-corrected chi connectivity index (χ2v) is 6.67. The lowest BCUT2D eigenvalue weighted by atomic mass is 10.1. The maximum Gasteiger partial charge on any atom is 0.331 e. The highest BCUT2D eigenvalue weighted by atomic mass is 35.5. The van der Waals surface area contributed by atoms with Gasteiger partial charge < -0.3 is 19.1 Å². The van der Waals surface area contributed by atoms with E-state index in [2.05, 4.69) is 0 Å². The quantitative estimate of drug-likeness (QED) is 0.477. The van der Waals surface area contributed by atoms with Gasteiger partial charge in [-0.2, -0.15) is 0 Å². The van der Waals surface area contributed by atoms with Crippen LogP contribution in [-0.4, -0.2) is 44.6 Å². The molecule has 1 atom stereocenters. The van der Waals surface area contributed by atoms with Crippen molar-refractivity contribution in [2.75, 3.05) is 27.8 Å². The summed E-state index contributed by atoms with van der Waals surface area (Å²) in [6, 6.07) is 12.2. The van der Waals surface area contributed by atoms with E-state index in [1.807, 2.05) is 13.0 Å². The molecule has 0 N–H and O–H groups in total. The van der Waals surface area contributed by atoms with Crippen LogP contribution in [0.3, 0.4) is 0 Å². The second kappa shape index (κ2) is 10.5. The SMILES string of the molecule is CCOc1cc(/C=C/C(=O)O[C@@H](C(=O)N(C)C)c2ccccc2)cc(Cl)c1OC. The number of ether oxygens (including phenoxy) is 3. The first kappa shape index (κ1) is 22.3. The first-order valence-corrected chi connectivity index (χ1v) is 9.40. The first-order chi connectivity index (χ1) is 13.9. The molecule has 0 aliphatic heterocycles. The van der Waals surface area contributed by atoms with Crippen LogP contribution < -0.4 is 9.47 Å². The Balaban J connectivity index is 2.21. The molecule has 0 saturated carbocycles. The number of esters is 1. The molecule has 0 saturated heterocycles. The average Bonchev–Trinajstić information content (AvgIpc) is 2.70. The molecule has 2 aromatic rings. The Kier molecular flexibility index (Phi) is 8.09. The molecule has 7 heteroatoms. The molecule has 154 valence electrons. The molecule has 0 radical (unpaired) electrons. The Labute approximate surface area is 175 Å². The smallest absolute Gasteiger partial charge is 0.331 e. The Hall–Kier alpha value is -2.99. The van der Waals surface area contributed by atoms with Crippen molar-refractivity contribution < 1.29 is 23.8 Å². The maximum atomic E-state index is 12.5. The Morgan fingerprint density at radius 1 is 1.17 bits per heavy atom. The summed E-state index contributed by atoms with van der Waals surface area (Å²) < 4.78 is 16.2. The van der Waals surface area contributed by atoms with Crippen LogP contribution in [-0.2, 0) is 14.3 Å². The van der Waals surface area contributed by atoms with Crippen molar-refractivity contribution in [1.29, 1.82) is 0 Å². The number of methoxy groups -OCH3 is 1. The normalized spacial score (nSPS) is 11.8. The number of hydrogen-bond donors (Lipinski definition) is 0. The van der Waals surface area contributed by atoms with Crippen LogP contribution in [0.5, 0.6) is 11.5 Å². The summed E-state index contributed by atoms with van der Waals surface area (Å²) in [4.78, 5) is 26.2. The molecule has 0 spiro atoms. The van der Waals surface area contributed by atoms with Crippen LogP contribution in [0.2, 0.25) is 5.02 Å². The van der Waals surface area contributed by atoms with Crippen molar-refractivity contribution in [1.82, 2.24) is 4.90 Å². The van der Waals surface area contributed by atoms with Gasteiger partial charge in [0.25, 0.3) is 5.91 Å². The fourth-order valence-corrected chi connectivity index (χ4v) is 2.88. The van der Waals surface area contributed by atoms with Crippen LogP contribution in [0, 0.1) is 0 Å². The second-order valence-electron chi connectivity index (χ2n) is 6.26. The standard InChI is InChI=1S/C22H24ClNO5/c1-5-28-18-14-15(13-17(23)21(18)27-4)11-12-19(25)29-20(22(26)24(2)3)16-9-7-6-8-10-16/h6-14,20H,5H2,1-4H3/b12-11+/t20-/m1/s1. The molecule has 0 aromatic heterocycles. The molecule has 0 unspecified atom stereocenters. The largest absolute Gasteiger partial charge is 0.491 e. The topological polar surface area (TPSA) is 65.1 Å². The molecule has 6 nitrogen and oxygen atoms in total. The third-order valence-electron chi connectivity index (χ3n) is 3.95. The van der Waals surface area contributed by atoms with Gasteiger partial charge in [-0.15, -0.1) is 0 Å². The summed E-state index contributed by atoms with van der Waals surface area (Å²) in [6.45, 7) is 2.28. The summed E-state index contributed by atoms with van der Waals surface area (Å²) in [5.41, 5.74) is 1.23. The zero-order valence-corrected chi connectivity index (χ0v) is 17.6. The van der Waals surface area contributed by atoms with Crippen molar-refractivity contribution in [3.8, 4) is 11.5 Å². The molecule has 0 aliphatic carbocycles. The summed E-state index contributed by atoms with van der Waals surface area (Å²) >= 11 is 6.22. The number of nitrogens with zero attached hydrogens (tertiary/aromatic N) is 1. The molecule has 0 aliphatic rings. The van der Waals surface area contributed by atoms with E-state index in [9.17, 15) is 9.59 Å². The van der Waals surface area contributed by atoms with Crippen LogP contribution in [0.1, 0.15) is 24.2 Å². The minimum Gasteiger partial charge on any atom is -0.491 e. The number of carbonyl (C=O) groups excluding carboxylic acids is 2. The highest BCUT2D eigenvalue weighted by Gasteiger charge is 2.25.